The average Bonchev–Trinajstić information content (AvgIpc) is 2.58. The summed E-state index contributed by atoms with van der Waals surface area (Å²) in [6.45, 7) is 4.22. The molecule has 2 aromatic carbocycles. The van der Waals surface area contributed by atoms with Crippen molar-refractivity contribution in [1.82, 2.24) is 9.80 Å². The van der Waals surface area contributed by atoms with Crippen LogP contribution >= 0.6 is 11.6 Å². The minimum Gasteiger partial charge on any atom is -0.297 e. The van der Waals surface area contributed by atoms with Crippen LogP contribution in [0.5, 0.6) is 0 Å². The van der Waals surface area contributed by atoms with Gasteiger partial charge in [0.15, 0.2) is 0 Å². The van der Waals surface area contributed by atoms with E-state index in [1.165, 1.54) is 24.3 Å². The molecule has 0 N–H and O–H groups in total. The third-order valence-corrected chi connectivity index (χ3v) is 4.89. The summed E-state index contributed by atoms with van der Waals surface area (Å²) in [4.78, 5) is 4.35. The molecule has 0 saturated carbocycles. The van der Waals surface area contributed by atoms with Crippen LogP contribution in [-0.4, -0.2) is 36.0 Å². The lowest BCUT2D eigenvalue weighted by molar-refractivity contribution is -0.137. The topological polar surface area (TPSA) is 6.48 Å². The van der Waals surface area contributed by atoms with E-state index in [9.17, 15) is 17.6 Å². The fraction of sp³-hybridized carbons (Fsp3) is 0.368. The molecule has 0 bridgehead atoms. The second-order valence-electron chi connectivity index (χ2n) is 6.49. The van der Waals surface area contributed by atoms with Crippen LogP contribution < -0.4 is 0 Å². The zero-order valence-electron chi connectivity index (χ0n) is 14.1. The molecule has 1 saturated heterocycles. The first-order valence-corrected chi connectivity index (χ1v) is 8.74. The summed E-state index contributed by atoms with van der Waals surface area (Å²) >= 11 is 6.07. The van der Waals surface area contributed by atoms with Crippen molar-refractivity contribution in [3.8, 4) is 0 Å². The summed E-state index contributed by atoms with van der Waals surface area (Å²) in [7, 11) is 0. The average molecular weight is 387 g/mol. The highest BCUT2D eigenvalue weighted by Gasteiger charge is 2.30. The third-order valence-electron chi connectivity index (χ3n) is 4.53. The molecule has 2 nitrogen and oxygen atoms in total. The van der Waals surface area contributed by atoms with Gasteiger partial charge in [-0.25, -0.2) is 4.39 Å². The Kier molecular flexibility index (Phi) is 5.85. The molecule has 0 radical (unpaired) electrons. The van der Waals surface area contributed by atoms with Gasteiger partial charge in [0.05, 0.1) is 5.56 Å². The Morgan fingerprint density at radius 1 is 0.885 bits per heavy atom. The highest BCUT2D eigenvalue weighted by Crippen LogP contribution is 2.30. The monoisotopic (exact) mass is 386 g/mol. The Bertz CT molecular complexity index is 755. The van der Waals surface area contributed by atoms with Gasteiger partial charge in [-0.15, -0.1) is 0 Å². The predicted octanol–water partition coefficient (Wildman–Crippen LogP) is 4.82. The van der Waals surface area contributed by atoms with Crippen LogP contribution in [0.4, 0.5) is 17.6 Å². The summed E-state index contributed by atoms with van der Waals surface area (Å²) in [5, 5.41) is 0.413. The third kappa shape index (κ3) is 4.96. The van der Waals surface area contributed by atoms with E-state index < -0.39 is 11.7 Å². The van der Waals surface area contributed by atoms with Crippen molar-refractivity contribution in [1.29, 1.82) is 0 Å². The van der Waals surface area contributed by atoms with E-state index >= 15 is 0 Å². The molecular formula is C19H19ClF4N2. The van der Waals surface area contributed by atoms with E-state index in [0.29, 0.717) is 23.7 Å². The van der Waals surface area contributed by atoms with Gasteiger partial charge in [-0.05, 0) is 29.3 Å². The zero-order chi connectivity index (χ0) is 18.7. The predicted molar refractivity (Wildman–Crippen MR) is 93.4 cm³/mol. The molecule has 0 amide bonds. The lowest BCUT2D eigenvalue weighted by atomic mass is 10.1. The lowest BCUT2D eigenvalue weighted by Gasteiger charge is -2.35. The summed E-state index contributed by atoms with van der Waals surface area (Å²) in [6.07, 6.45) is -4.32. The first-order valence-electron chi connectivity index (χ1n) is 8.36. The first kappa shape index (κ1) is 19.1. The summed E-state index contributed by atoms with van der Waals surface area (Å²) in [6, 6.07) is 9.86. The summed E-state index contributed by atoms with van der Waals surface area (Å²) in [5.74, 6) is -0.357. The summed E-state index contributed by atoms with van der Waals surface area (Å²) in [5.41, 5.74) is 0.925. The number of piperazine rings is 1. The van der Waals surface area contributed by atoms with Gasteiger partial charge in [-0.2, -0.15) is 13.2 Å². The minimum absolute atomic E-state index is 0.357. The molecule has 0 aromatic heterocycles. The molecule has 1 aliphatic rings. The van der Waals surface area contributed by atoms with Gasteiger partial charge in [-0.3, -0.25) is 9.80 Å². The van der Waals surface area contributed by atoms with Crippen molar-refractivity contribution in [2.45, 2.75) is 19.3 Å². The molecule has 1 aliphatic heterocycles. The van der Waals surface area contributed by atoms with Gasteiger partial charge in [-0.1, -0.05) is 35.9 Å². The summed E-state index contributed by atoms with van der Waals surface area (Å²) < 4.78 is 51.5. The number of nitrogens with zero attached hydrogens (tertiary/aromatic N) is 2. The second-order valence-corrected chi connectivity index (χ2v) is 6.89. The molecule has 0 aliphatic carbocycles. The number of hydrogen-bond acceptors (Lipinski definition) is 2. The molecule has 26 heavy (non-hydrogen) atoms. The molecule has 1 fully saturated rings. The van der Waals surface area contributed by atoms with Crippen LogP contribution in [0.25, 0.3) is 0 Å². The number of halogens is 5. The molecule has 3 rings (SSSR count). The maximum atomic E-state index is 13.1. The molecule has 0 atom stereocenters. The van der Waals surface area contributed by atoms with Crippen molar-refractivity contribution >= 4 is 11.6 Å². The van der Waals surface area contributed by atoms with Crippen molar-refractivity contribution < 1.29 is 17.6 Å². The second kappa shape index (κ2) is 7.94. The quantitative estimate of drug-likeness (QED) is 0.695. The maximum Gasteiger partial charge on any atom is 0.416 e. The largest absolute Gasteiger partial charge is 0.416 e. The molecular weight excluding hydrogens is 368 g/mol. The molecule has 2 aromatic rings. The van der Waals surface area contributed by atoms with Gasteiger partial charge >= 0.3 is 6.18 Å². The molecule has 7 heteroatoms. The van der Waals surface area contributed by atoms with Crippen molar-refractivity contribution in [2.24, 2.45) is 0 Å². The van der Waals surface area contributed by atoms with Gasteiger partial charge < -0.3 is 0 Å². The number of benzene rings is 2. The lowest BCUT2D eigenvalue weighted by Crippen LogP contribution is -2.45. The SMILES string of the molecule is Fc1ccc(CN2CCN(Cc3cccc(C(F)(F)F)c3)CC2)c(Cl)c1. The zero-order valence-corrected chi connectivity index (χ0v) is 14.8. The standard InChI is InChI=1S/C19H19ClF4N2/c20-18-11-17(21)5-4-15(18)13-26-8-6-25(7-9-26)12-14-2-1-3-16(10-14)19(22,23)24/h1-5,10-11H,6-9,12-13H2. The van der Waals surface area contributed by atoms with Gasteiger partial charge in [0.2, 0.25) is 0 Å². The van der Waals surface area contributed by atoms with Crippen molar-refractivity contribution in [3.63, 3.8) is 0 Å². The Hall–Kier alpha value is -1.63. The fourth-order valence-corrected chi connectivity index (χ4v) is 3.33. The minimum atomic E-state index is -4.32. The van der Waals surface area contributed by atoms with Crippen LogP contribution in [-0.2, 0) is 19.3 Å². The van der Waals surface area contributed by atoms with Gasteiger partial charge in [0, 0.05) is 44.3 Å². The smallest absolute Gasteiger partial charge is 0.297 e. The van der Waals surface area contributed by atoms with Crippen LogP contribution in [0, 0.1) is 5.82 Å². The molecule has 0 unspecified atom stereocenters. The Labute approximate surface area is 155 Å². The van der Waals surface area contributed by atoms with E-state index in [0.717, 1.165) is 37.8 Å². The van der Waals surface area contributed by atoms with Gasteiger partial charge in [0.1, 0.15) is 5.82 Å². The highest BCUT2D eigenvalue weighted by atomic mass is 35.5. The number of hydrogen-bond donors (Lipinski definition) is 0. The van der Waals surface area contributed by atoms with Gasteiger partial charge in [0.25, 0.3) is 0 Å². The highest BCUT2D eigenvalue weighted by molar-refractivity contribution is 6.31. The number of alkyl halides is 3. The first-order chi connectivity index (χ1) is 12.3. The van der Waals surface area contributed by atoms with Crippen LogP contribution in [0.3, 0.4) is 0 Å². The van der Waals surface area contributed by atoms with Crippen molar-refractivity contribution in [3.05, 3.63) is 70.0 Å². The molecule has 1 heterocycles. The van der Waals surface area contributed by atoms with E-state index in [-0.39, 0.29) is 5.82 Å². The van der Waals surface area contributed by atoms with E-state index in [1.807, 2.05) is 0 Å². The van der Waals surface area contributed by atoms with E-state index in [2.05, 4.69) is 9.80 Å². The fourth-order valence-electron chi connectivity index (χ4n) is 3.10. The number of rotatable bonds is 4. The Morgan fingerprint density at radius 2 is 1.54 bits per heavy atom. The van der Waals surface area contributed by atoms with E-state index in [1.54, 1.807) is 12.1 Å². The Morgan fingerprint density at radius 3 is 2.15 bits per heavy atom. The molecule has 140 valence electrons. The normalized spacial score (nSPS) is 16.8. The van der Waals surface area contributed by atoms with Crippen LogP contribution in [0.15, 0.2) is 42.5 Å². The van der Waals surface area contributed by atoms with Crippen LogP contribution in [0.1, 0.15) is 16.7 Å². The molecule has 0 spiro atoms. The van der Waals surface area contributed by atoms with Crippen LogP contribution in [0.2, 0.25) is 5.02 Å². The van der Waals surface area contributed by atoms with E-state index in [4.69, 9.17) is 11.6 Å². The maximum absolute atomic E-state index is 13.1. The van der Waals surface area contributed by atoms with Crippen molar-refractivity contribution in [2.75, 3.05) is 26.2 Å². The Balaban J connectivity index is 1.54.